The lowest BCUT2D eigenvalue weighted by Gasteiger charge is -2.19. The quantitative estimate of drug-likeness (QED) is 0.624. The molecule has 0 unspecified atom stereocenters. The summed E-state index contributed by atoms with van der Waals surface area (Å²) in [5, 5.41) is 9.96. The third-order valence-electron chi connectivity index (χ3n) is 3.75. The molecule has 0 spiro atoms. The van der Waals surface area contributed by atoms with Crippen molar-refractivity contribution in [2.24, 2.45) is 0 Å². The fourth-order valence-electron chi connectivity index (χ4n) is 1.63. The first-order chi connectivity index (χ1) is 8.10. The highest BCUT2D eigenvalue weighted by molar-refractivity contribution is 4.69. The van der Waals surface area contributed by atoms with E-state index in [1.165, 1.54) is 44.9 Å². The van der Waals surface area contributed by atoms with Crippen molar-refractivity contribution in [1.29, 1.82) is 0 Å². The van der Waals surface area contributed by atoms with Gasteiger partial charge in [0.05, 0.1) is 5.54 Å². The minimum atomic E-state index is 0.117. The molecule has 0 aliphatic rings. The van der Waals surface area contributed by atoms with Crippen LogP contribution in [0.5, 0.6) is 0 Å². The van der Waals surface area contributed by atoms with Gasteiger partial charge in [0.25, 0.3) is 0 Å². The Hall–Kier alpha value is -0.0800. The molecule has 0 saturated carbocycles. The Morgan fingerprint density at radius 1 is 0.765 bits per heavy atom. The van der Waals surface area contributed by atoms with Crippen LogP contribution in [0.15, 0.2) is 0 Å². The van der Waals surface area contributed by atoms with Crippen molar-refractivity contribution in [3.8, 4) is 0 Å². The normalized spacial score (nSPS) is 10.9. The van der Waals surface area contributed by atoms with Crippen molar-refractivity contribution < 1.29 is 10.8 Å². The van der Waals surface area contributed by atoms with Crippen LogP contribution >= 0.6 is 0 Å². The van der Waals surface area contributed by atoms with Crippen LogP contribution in [0.1, 0.15) is 85.5 Å². The summed E-state index contributed by atoms with van der Waals surface area (Å²) in [4.78, 5) is 0. The van der Waals surface area contributed by atoms with Gasteiger partial charge in [0.15, 0.2) is 0 Å². The molecule has 0 atom stereocenters. The van der Waals surface area contributed by atoms with E-state index in [1.54, 1.807) is 0 Å². The van der Waals surface area contributed by atoms with E-state index in [2.05, 4.69) is 33.4 Å². The van der Waals surface area contributed by atoms with Crippen LogP contribution in [0.4, 0.5) is 0 Å². The van der Waals surface area contributed by atoms with Crippen LogP contribution in [0.3, 0.4) is 0 Å². The Labute approximate surface area is 109 Å². The lowest BCUT2D eigenvalue weighted by Crippen LogP contribution is -2.71. The zero-order valence-electron chi connectivity index (χ0n) is 12.7. The fourth-order valence-corrected chi connectivity index (χ4v) is 1.63. The number of hydrogen-bond acceptors (Lipinski definition) is 1. The fraction of sp³-hybridized carbons (Fsp3) is 1.00. The second-order valence-corrected chi connectivity index (χ2v) is 5.03. The SMILES string of the molecule is CCC([NH3+])(CC)CC.CCCCCCCC[O-]. The van der Waals surface area contributed by atoms with Crippen LogP contribution in [0.25, 0.3) is 0 Å². The van der Waals surface area contributed by atoms with E-state index in [1.807, 2.05) is 0 Å². The second-order valence-electron chi connectivity index (χ2n) is 5.03. The van der Waals surface area contributed by atoms with Gasteiger partial charge < -0.3 is 10.8 Å². The smallest absolute Gasteiger partial charge is 0.0937 e. The average molecular weight is 245 g/mol. The van der Waals surface area contributed by atoms with Gasteiger partial charge in [0, 0.05) is 0 Å². The van der Waals surface area contributed by atoms with Crippen molar-refractivity contribution in [2.75, 3.05) is 6.61 Å². The van der Waals surface area contributed by atoms with Gasteiger partial charge in [0.2, 0.25) is 0 Å². The lowest BCUT2D eigenvalue weighted by molar-refractivity contribution is -0.480. The summed E-state index contributed by atoms with van der Waals surface area (Å²) in [6.45, 7) is 8.94. The van der Waals surface area contributed by atoms with Crippen molar-refractivity contribution in [2.45, 2.75) is 91.0 Å². The highest BCUT2D eigenvalue weighted by Gasteiger charge is 2.20. The third-order valence-corrected chi connectivity index (χ3v) is 3.75. The molecular formula is C15H35NO. The summed E-state index contributed by atoms with van der Waals surface area (Å²) in [6.07, 6.45) is 10.8. The van der Waals surface area contributed by atoms with Crippen LogP contribution in [-0.2, 0) is 0 Å². The minimum Gasteiger partial charge on any atom is -0.854 e. The number of quaternary nitrogens is 1. The van der Waals surface area contributed by atoms with E-state index in [9.17, 15) is 5.11 Å². The molecule has 0 aliphatic heterocycles. The molecule has 0 aromatic rings. The third kappa shape index (κ3) is 13.9. The zero-order chi connectivity index (χ0) is 13.6. The van der Waals surface area contributed by atoms with Gasteiger partial charge in [-0.25, -0.2) is 0 Å². The van der Waals surface area contributed by atoms with Gasteiger partial charge in [-0.2, -0.15) is 0 Å². The molecule has 0 bridgehead atoms. The summed E-state index contributed by atoms with van der Waals surface area (Å²) in [7, 11) is 0. The number of hydrogen-bond donors (Lipinski definition) is 1. The standard InChI is InChI=1S/C8H17O.C7H17N/c1-2-3-4-5-6-7-8-9;1-4-7(8,5-2)6-3/h2-8H2,1H3;4-6,8H2,1-3H3/q-1;/p+1. The molecule has 0 heterocycles. The van der Waals surface area contributed by atoms with Crippen molar-refractivity contribution in [1.82, 2.24) is 0 Å². The first-order valence-corrected chi connectivity index (χ1v) is 7.53. The highest BCUT2D eigenvalue weighted by atomic mass is 16.2. The molecule has 0 aromatic heterocycles. The summed E-state index contributed by atoms with van der Waals surface area (Å²) >= 11 is 0. The summed E-state index contributed by atoms with van der Waals surface area (Å²) in [5.74, 6) is 0. The Balaban J connectivity index is 0. The molecule has 17 heavy (non-hydrogen) atoms. The molecule has 0 fully saturated rings. The van der Waals surface area contributed by atoms with E-state index < -0.39 is 0 Å². The van der Waals surface area contributed by atoms with E-state index in [0.717, 1.165) is 12.8 Å². The van der Waals surface area contributed by atoms with Crippen LogP contribution in [0.2, 0.25) is 0 Å². The Bertz CT molecular complexity index is 119. The van der Waals surface area contributed by atoms with Gasteiger partial charge in [-0.1, -0.05) is 66.2 Å². The van der Waals surface area contributed by atoms with Gasteiger partial charge in [-0.15, -0.1) is 6.61 Å². The molecule has 0 radical (unpaired) electrons. The predicted octanol–water partition coefficient (Wildman–Crippen LogP) is 2.90. The molecule has 0 aromatic carbocycles. The first kappa shape index (κ1) is 19.3. The molecule has 2 heteroatoms. The predicted molar refractivity (Wildman–Crippen MR) is 74.7 cm³/mol. The molecule has 3 N–H and O–H groups in total. The monoisotopic (exact) mass is 245 g/mol. The lowest BCUT2D eigenvalue weighted by atomic mass is 9.92. The van der Waals surface area contributed by atoms with Gasteiger partial charge in [-0.3, -0.25) is 0 Å². The Morgan fingerprint density at radius 3 is 1.47 bits per heavy atom. The van der Waals surface area contributed by atoms with Crippen molar-refractivity contribution in [3.63, 3.8) is 0 Å². The molecule has 0 aliphatic carbocycles. The molecule has 0 saturated heterocycles. The topological polar surface area (TPSA) is 50.7 Å². The molecule has 106 valence electrons. The van der Waals surface area contributed by atoms with Gasteiger partial charge in [-0.05, 0) is 19.3 Å². The maximum Gasteiger partial charge on any atom is 0.0937 e. The zero-order valence-corrected chi connectivity index (χ0v) is 12.7. The molecule has 0 amide bonds. The maximum atomic E-state index is 9.96. The maximum absolute atomic E-state index is 9.96. The minimum absolute atomic E-state index is 0.117. The number of unbranched alkanes of at least 4 members (excludes halogenated alkanes) is 5. The largest absolute Gasteiger partial charge is 0.854 e. The van der Waals surface area contributed by atoms with Crippen LogP contribution < -0.4 is 10.8 Å². The summed E-state index contributed by atoms with van der Waals surface area (Å²) in [6, 6.07) is 0. The average Bonchev–Trinajstić information content (AvgIpc) is 2.38. The van der Waals surface area contributed by atoms with E-state index in [0.29, 0.717) is 5.54 Å². The highest BCUT2D eigenvalue weighted by Crippen LogP contribution is 2.11. The van der Waals surface area contributed by atoms with E-state index >= 15 is 0 Å². The molecule has 0 rings (SSSR count). The van der Waals surface area contributed by atoms with Crippen LogP contribution in [0, 0.1) is 0 Å². The number of rotatable bonds is 9. The second kappa shape index (κ2) is 14.0. The molecular weight excluding hydrogens is 210 g/mol. The van der Waals surface area contributed by atoms with Gasteiger partial charge >= 0.3 is 0 Å². The summed E-state index contributed by atoms with van der Waals surface area (Å²) < 4.78 is 0. The van der Waals surface area contributed by atoms with E-state index in [4.69, 9.17) is 0 Å². The Morgan fingerprint density at radius 2 is 1.18 bits per heavy atom. The van der Waals surface area contributed by atoms with Gasteiger partial charge in [0.1, 0.15) is 0 Å². The summed E-state index contributed by atoms with van der Waals surface area (Å²) in [5.41, 5.74) is 4.50. The van der Waals surface area contributed by atoms with Crippen molar-refractivity contribution in [3.05, 3.63) is 0 Å². The van der Waals surface area contributed by atoms with Crippen molar-refractivity contribution >= 4 is 0 Å². The first-order valence-electron chi connectivity index (χ1n) is 7.53. The molecule has 2 nitrogen and oxygen atoms in total. The van der Waals surface area contributed by atoms with Crippen LogP contribution in [-0.4, -0.2) is 12.1 Å². The van der Waals surface area contributed by atoms with E-state index in [-0.39, 0.29) is 6.61 Å². The Kier molecular flexibility index (Phi) is 15.8.